The molecule has 0 heterocycles. The third-order valence-corrected chi connectivity index (χ3v) is 3.45. The molecule has 0 fully saturated rings. The van der Waals surface area contributed by atoms with Gasteiger partial charge in [-0.25, -0.2) is 0 Å². The summed E-state index contributed by atoms with van der Waals surface area (Å²) in [5.74, 6) is 1.46. The van der Waals surface area contributed by atoms with Gasteiger partial charge in [0.1, 0.15) is 16.5 Å². The van der Waals surface area contributed by atoms with E-state index < -0.39 is 0 Å². The Bertz CT molecular complexity index is 613. The smallest absolute Gasteiger partial charge is 0.137 e. The minimum Gasteiger partial charge on any atom is -0.457 e. The molecule has 2 aromatic rings. The van der Waals surface area contributed by atoms with Crippen LogP contribution in [0.25, 0.3) is 0 Å². The van der Waals surface area contributed by atoms with Gasteiger partial charge in [0.2, 0.25) is 0 Å². The molecule has 0 saturated carbocycles. The summed E-state index contributed by atoms with van der Waals surface area (Å²) in [5, 5.41) is 0. The monoisotopic (exact) mass is 335 g/mol. The first-order chi connectivity index (χ1) is 9.10. The highest BCUT2D eigenvalue weighted by Crippen LogP contribution is 2.28. The van der Waals surface area contributed by atoms with E-state index in [2.05, 4.69) is 28.9 Å². The molecule has 0 radical (unpaired) electrons. The second-order valence-corrected chi connectivity index (χ2v) is 5.46. The molecule has 0 unspecified atom stereocenters. The molecule has 0 aromatic heterocycles. The first-order valence-electron chi connectivity index (χ1n) is 5.96. The summed E-state index contributed by atoms with van der Waals surface area (Å²) in [6.07, 6.45) is 0.972. The van der Waals surface area contributed by atoms with Gasteiger partial charge in [0.15, 0.2) is 0 Å². The SMILES string of the molecule is CCc1cccc(Oc2ccc(Br)cc2C(N)=S)c1. The van der Waals surface area contributed by atoms with Gasteiger partial charge >= 0.3 is 0 Å². The zero-order valence-electron chi connectivity index (χ0n) is 10.5. The highest BCUT2D eigenvalue weighted by Gasteiger charge is 2.08. The van der Waals surface area contributed by atoms with Crippen LogP contribution in [0.3, 0.4) is 0 Å². The molecule has 0 aliphatic rings. The van der Waals surface area contributed by atoms with E-state index >= 15 is 0 Å². The summed E-state index contributed by atoms with van der Waals surface area (Å²) in [7, 11) is 0. The molecule has 0 amide bonds. The Morgan fingerprint density at radius 3 is 2.74 bits per heavy atom. The van der Waals surface area contributed by atoms with Gasteiger partial charge < -0.3 is 10.5 Å². The van der Waals surface area contributed by atoms with Crippen LogP contribution >= 0.6 is 28.1 Å². The number of halogens is 1. The van der Waals surface area contributed by atoms with Gasteiger partial charge in [0, 0.05) is 4.47 Å². The fourth-order valence-corrected chi connectivity index (χ4v) is 2.26. The molecule has 4 heteroatoms. The zero-order chi connectivity index (χ0) is 13.8. The van der Waals surface area contributed by atoms with Crippen LogP contribution in [0, 0.1) is 0 Å². The topological polar surface area (TPSA) is 35.2 Å². The Balaban J connectivity index is 2.34. The van der Waals surface area contributed by atoms with Gasteiger partial charge in [-0.3, -0.25) is 0 Å². The number of rotatable bonds is 4. The minimum absolute atomic E-state index is 0.322. The van der Waals surface area contributed by atoms with E-state index in [1.165, 1.54) is 5.56 Å². The molecule has 2 aromatic carbocycles. The summed E-state index contributed by atoms with van der Waals surface area (Å²) in [4.78, 5) is 0.322. The van der Waals surface area contributed by atoms with Crippen molar-refractivity contribution in [3.63, 3.8) is 0 Å². The van der Waals surface area contributed by atoms with Gasteiger partial charge in [0.25, 0.3) is 0 Å². The van der Waals surface area contributed by atoms with Crippen molar-refractivity contribution in [2.24, 2.45) is 5.73 Å². The van der Waals surface area contributed by atoms with Gasteiger partial charge in [-0.1, -0.05) is 47.2 Å². The van der Waals surface area contributed by atoms with Gasteiger partial charge in [-0.2, -0.15) is 0 Å². The van der Waals surface area contributed by atoms with Crippen LogP contribution in [0.1, 0.15) is 18.1 Å². The lowest BCUT2D eigenvalue weighted by Gasteiger charge is -2.11. The van der Waals surface area contributed by atoms with Gasteiger partial charge in [0.05, 0.1) is 5.56 Å². The Labute approximate surface area is 126 Å². The second kappa shape index (κ2) is 6.17. The minimum atomic E-state index is 0.322. The van der Waals surface area contributed by atoms with Crippen LogP contribution in [0.15, 0.2) is 46.9 Å². The maximum absolute atomic E-state index is 5.88. The van der Waals surface area contributed by atoms with Crippen molar-refractivity contribution in [3.05, 3.63) is 58.1 Å². The van der Waals surface area contributed by atoms with Crippen molar-refractivity contribution in [1.82, 2.24) is 0 Å². The summed E-state index contributed by atoms with van der Waals surface area (Å²) < 4.78 is 6.80. The predicted octanol–water partition coefficient (Wildman–Crippen LogP) is 4.44. The maximum Gasteiger partial charge on any atom is 0.137 e. The Morgan fingerprint density at radius 1 is 1.26 bits per heavy atom. The number of ether oxygens (including phenoxy) is 1. The lowest BCUT2D eigenvalue weighted by molar-refractivity contribution is 0.481. The molecule has 19 heavy (non-hydrogen) atoms. The number of nitrogens with two attached hydrogens (primary N) is 1. The molecule has 98 valence electrons. The fourth-order valence-electron chi connectivity index (χ4n) is 1.74. The third kappa shape index (κ3) is 3.55. The van der Waals surface area contributed by atoms with E-state index in [0.717, 1.165) is 22.2 Å². The van der Waals surface area contributed by atoms with Crippen LogP contribution in [0.5, 0.6) is 11.5 Å². The van der Waals surface area contributed by atoms with Crippen molar-refractivity contribution >= 4 is 33.1 Å². The fraction of sp³-hybridized carbons (Fsp3) is 0.133. The molecule has 0 saturated heterocycles. The van der Waals surface area contributed by atoms with E-state index in [-0.39, 0.29) is 0 Å². The second-order valence-electron chi connectivity index (χ2n) is 4.11. The van der Waals surface area contributed by atoms with Crippen molar-refractivity contribution in [2.75, 3.05) is 0 Å². The first-order valence-corrected chi connectivity index (χ1v) is 7.16. The van der Waals surface area contributed by atoms with Crippen LogP contribution in [-0.2, 0) is 6.42 Å². The van der Waals surface area contributed by atoms with Gasteiger partial charge in [-0.05, 0) is 42.3 Å². The van der Waals surface area contributed by atoms with E-state index in [0.29, 0.717) is 10.7 Å². The van der Waals surface area contributed by atoms with Crippen LogP contribution in [0.4, 0.5) is 0 Å². The zero-order valence-corrected chi connectivity index (χ0v) is 12.9. The average Bonchev–Trinajstić information content (AvgIpc) is 2.41. The first kappa shape index (κ1) is 14.0. The molecular formula is C15H14BrNOS. The Morgan fingerprint density at radius 2 is 2.05 bits per heavy atom. The van der Waals surface area contributed by atoms with Crippen molar-refractivity contribution in [2.45, 2.75) is 13.3 Å². The van der Waals surface area contributed by atoms with E-state index in [9.17, 15) is 0 Å². The molecule has 2 N–H and O–H groups in total. The van der Waals surface area contributed by atoms with Crippen molar-refractivity contribution in [3.8, 4) is 11.5 Å². The third-order valence-electron chi connectivity index (χ3n) is 2.74. The summed E-state index contributed by atoms with van der Waals surface area (Å²) in [5.41, 5.74) is 7.68. The number of hydrogen-bond acceptors (Lipinski definition) is 2. The maximum atomic E-state index is 5.88. The average molecular weight is 336 g/mol. The molecule has 0 atom stereocenters. The number of thiocarbonyl (C=S) groups is 1. The number of aryl methyl sites for hydroxylation is 1. The highest BCUT2D eigenvalue weighted by atomic mass is 79.9. The Hall–Kier alpha value is -1.39. The summed E-state index contributed by atoms with van der Waals surface area (Å²) in [6, 6.07) is 13.6. The molecule has 0 bridgehead atoms. The van der Waals surface area contributed by atoms with E-state index in [4.69, 9.17) is 22.7 Å². The lowest BCUT2D eigenvalue weighted by Crippen LogP contribution is -2.10. The molecule has 2 rings (SSSR count). The van der Waals surface area contributed by atoms with Gasteiger partial charge in [-0.15, -0.1) is 0 Å². The number of benzene rings is 2. The summed E-state index contributed by atoms with van der Waals surface area (Å²) >= 11 is 8.45. The van der Waals surface area contributed by atoms with Crippen LogP contribution in [0.2, 0.25) is 0 Å². The molecule has 2 nitrogen and oxygen atoms in total. The quantitative estimate of drug-likeness (QED) is 0.839. The standard InChI is InChI=1S/C15H14BrNOS/c1-2-10-4-3-5-12(8-10)18-14-7-6-11(16)9-13(14)15(17)19/h3-9H,2H2,1H3,(H2,17,19). The largest absolute Gasteiger partial charge is 0.457 e. The molecular weight excluding hydrogens is 322 g/mol. The van der Waals surface area contributed by atoms with Crippen LogP contribution < -0.4 is 10.5 Å². The van der Waals surface area contributed by atoms with Crippen molar-refractivity contribution < 1.29 is 4.74 Å². The highest BCUT2D eigenvalue weighted by molar-refractivity contribution is 9.10. The molecule has 0 aliphatic heterocycles. The normalized spacial score (nSPS) is 10.2. The van der Waals surface area contributed by atoms with Crippen molar-refractivity contribution in [1.29, 1.82) is 0 Å². The Kier molecular flexibility index (Phi) is 4.56. The van der Waals surface area contributed by atoms with Crippen LogP contribution in [-0.4, -0.2) is 4.99 Å². The van der Waals surface area contributed by atoms with E-state index in [1.54, 1.807) is 0 Å². The molecule has 0 spiro atoms. The van der Waals surface area contributed by atoms with E-state index in [1.807, 2.05) is 36.4 Å². The lowest BCUT2D eigenvalue weighted by atomic mass is 10.1. The summed E-state index contributed by atoms with van der Waals surface area (Å²) in [6.45, 7) is 2.11. The molecule has 0 aliphatic carbocycles. The number of hydrogen-bond donors (Lipinski definition) is 1. The predicted molar refractivity (Wildman–Crippen MR) is 85.9 cm³/mol.